The van der Waals surface area contributed by atoms with Crippen molar-refractivity contribution >= 4 is 17.3 Å². The Hall–Kier alpha value is -1.10. The predicted molar refractivity (Wildman–Crippen MR) is 80.6 cm³/mol. The Bertz CT molecular complexity index is 712. The van der Waals surface area contributed by atoms with E-state index >= 15 is 0 Å². The van der Waals surface area contributed by atoms with E-state index < -0.39 is 28.9 Å². The molecule has 0 aromatic heterocycles. The van der Waals surface area contributed by atoms with Gasteiger partial charge in [0, 0.05) is 73.9 Å². The number of alkyl halides is 2. The van der Waals surface area contributed by atoms with E-state index in [2.05, 4.69) is 0 Å². The molecule has 8 heteroatoms. The van der Waals surface area contributed by atoms with Gasteiger partial charge < -0.3 is 16.2 Å². The minimum atomic E-state index is -3.81. The van der Waals surface area contributed by atoms with E-state index in [4.69, 9.17) is 10.8 Å². The van der Waals surface area contributed by atoms with Gasteiger partial charge in [-0.25, -0.2) is 4.39 Å². The van der Waals surface area contributed by atoms with Crippen LogP contribution in [0.2, 0.25) is 0 Å². The molecule has 24 heavy (non-hydrogen) atoms. The SMILES string of the molecule is Nc1ccc(NC(=O)C(F)(F)c2ccccc2)c(F)c1CCO.[Ac]. The van der Waals surface area contributed by atoms with Gasteiger partial charge >= 0.3 is 5.92 Å². The number of amides is 1. The Labute approximate surface area is 172 Å². The smallest absolute Gasteiger partial charge is 0.350 e. The van der Waals surface area contributed by atoms with Gasteiger partial charge in [-0.1, -0.05) is 30.3 Å². The number of nitrogen functional groups attached to an aromatic ring is 1. The molecule has 4 N–H and O–H groups in total. The topological polar surface area (TPSA) is 75.3 Å². The fraction of sp³-hybridized carbons (Fsp3) is 0.188. The molecule has 1 radical (unpaired) electrons. The molecule has 0 atom stereocenters. The number of anilines is 2. The van der Waals surface area contributed by atoms with E-state index in [1.807, 2.05) is 5.32 Å². The van der Waals surface area contributed by atoms with Gasteiger partial charge in [-0.05, 0) is 12.1 Å². The maximum Gasteiger partial charge on any atom is 0.350 e. The second-order valence-electron chi connectivity index (χ2n) is 4.86. The summed E-state index contributed by atoms with van der Waals surface area (Å²) in [5.41, 5.74) is 4.70. The van der Waals surface area contributed by atoms with Crippen LogP contribution in [0.15, 0.2) is 42.5 Å². The largest absolute Gasteiger partial charge is 0.398 e. The van der Waals surface area contributed by atoms with Crippen LogP contribution in [0.25, 0.3) is 0 Å². The normalized spacial score (nSPS) is 10.8. The molecule has 0 heterocycles. The predicted octanol–water partition coefficient (Wildman–Crippen LogP) is 2.67. The number of halogens is 3. The van der Waals surface area contributed by atoms with Crippen LogP contribution in [0.1, 0.15) is 11.1 Å². The number of carbonyl (C=O) groups excluding carboxylic acids is 1. The molecule has 4 nitrogen and oxygen atoms in total. The van der Waals surface area contributed by atoms with Crippen molar-refractivity contribution in [2.75, 3.05) is 17.7 Å². The number of hydrogen-bond acceptors (Lipinski definition) is 3. The van der Waals surface area contributed by atoms with Crippen LogP contribution >= 0.6 is 0 Å². The van der Waals surface area contributed by atoms with Crippen LogP contribution in [0.5, 0.6) is 0 Å². The summed E-state index contributed by atoms with van der Waals surface area (Å²) in [5, 5.41) is 10.8. The summed E-state index contributed by atoms with van der Waals surface area (Å²) in [6, 6.07) is 8.89. The molecule has 0 aliphatic heterocycles. The van der Waals surface area contributed by atoms with Gasteiger partial charge in [0.15, 0.2) is 5.82 Å². The fourth-order valence-electron chi connectivity index (χ4n) is 2.08. The van der Waals surface area contributed by atoms with Gasteiger partial charge in [-0.15, -0.1) is 0 Å². The average molecular weight is 551 g/mol. The number of aliphatic hydroxyl groups is 1. The molecule has 1 amide bonds. The summed E-state index contributed by atoms with van der Waals surface area (Å²) in [6.07, 6.45) is -0.0868. The van der Waals surface area contributed by atoms with E-state index in [0.717, 1.165) is 18.2 Å². The van der Waals surface area contributed by atoms with Crippen molar-refractivity contribution in [3.05, 3.63) is 59.4 Å². The van der Waals surface area contributed by atoms with Crippen molar-refractivity contribution in [3.63, 3.8) is 0 Å². The number of benzene rings is 2. The van der Waals surface area contributed by atoms with Crippen LogP contribution in [-0.4, -0.2) is 17.6 Å². The third-order valence-electron chi connectivity index (χ3n) is 3.31. The van der Waals surface area contributed by atoms with E-state index in [-0.39, 0.29) is 68.3 Å². The number of rotatable bonds is 5. The molecule has 2 rings (SSSR count). The quantitative estimate of drug-likeness (QED) is 0.501. The number of nitrogens with one attached hydrogen (secondary N) is 1. The van der Waals surface area contributed by atoms with Crippen LogP contribution in [0.3, 0.4) is 0 Å². The van der Waals surface area contributed by atoms with Gasteiger partial charge in [0.25, 0.3) is 5.91 Å². The number of carbonyl (C=O) groups is 1. The first-order valence-corrected chi connectivity index (χ1v) is 6.80. The summed E-state index contributed by atoms with van der Waals surface area (Å²) >= 11 is 0. The summed E-state index contributed by atoms with van der Waals surface area (Å²) < 4.78 is 42.4. The van der Waals surface area contributed by atoms with E-state index in [0.29, 0.717) is 0 Å². The van der Waals surface area contributed by atoms with Crippen molar-refractivity contribution < 1.29 is 67.1 Å². The second kappa shape index (κ2) is 8.84. The molecule has 0 spiro atoms. The fourth-order valence-corrected chi connectivity index (χ4v) is 2.08. The Morgan fingerprint density at radius 3 is 2.38 bits per heavy atom. The Morgan fingerprint density at radius 2 is 1.79 bits per heavy atom. The van der Waals surface area contributed by atoms with Gasteiger partial charge in [-0.2, -0.15) is 8.78 Å². The van der Waals surface area contributed by atoms with Crippen LogP contribution in [-0.2, 0) is 17.1 Å². The minimum Gasteiger partial charge on any atom is -0.398 e. The molecular weight excluding hydrogens is 536 g/mol. The van der Waals surface area contributed by atoms with Crippen molar-refractivity contribution in [1.82, 2.24) is 0 Å². The van der Waals surface area contributed by atoms with Gasteiger partial charge in [0.1, 0.15) is 0 Å². The van der Waals surface area contributed by atoms with Gasteiger partial charge in [-0.3, -0.25) is 4.79 Å². The standard InChI is InChI=1S/C16H15F3N2O2.Ac/c17-14-11(8-9-22)12(20)6-7-13(14)21-15(23)16(18,19)10-4-2-1-3-5-10;/h1-7,22H,8-9,20H2,(H,21,23);. The van der Waals surface area contributed by atoms with Gasteiger partial charge in [0.05, 0.1) is 5.69 Å². The van der Waals surface area contributed by atoms with E-state index in [1.165, 1.54) is 24.3 Å². The van der Waals surface area contributed by atoms with Crippen LogP contribution in [0, 0.1) is 49.9 Å². The zero-order chi connectivity index (χ0) is 17.0. The maximum absolute atomic E-state index is 14.2. The third-order valence-corrected chi connectivity index (χ3v) is 3.31. The van der Waals surface area contributed by atoms with Crippen molar-refractivity contribution in [2.24, 2.45) is 0 Å². The first-order valence-electron chi connectivity index (χ1n) is 6.80. The summed E-state index contributed by atoms with van der Waals surface area (Å²) in [4.78, 5) is 11.8. The third kappa shape index (κ3) is 4.50. The van der Waals surface area contributed by atoms with E-state index in [9.17, 15) is 18.0 Å². The summed E-state index contributed by atoms with van der Waals surface area (Å²) in [6.45, 7) is -0.362. The zero-order valence-electron chi connectivity index (χ0n) is 12.6. The minimum absolute atomic E-state index is 0. The molecule has 0 bridgehead atoms. The zero-order valence-corrected chi connectivity index (χ0v) is 17.3. The maximum atomic E-state index is 14.2. The first-order chi connectivity index (χ1) is 10.9. The molecule has 2 aromatic carbocycles. The molecule has 0 unspecified atom stereocenters. The number of hydrogen-bond donors (Lipinski definition) is 3. The molecular formula is C16H15AcF3N2O2. The first kappa shape index (κ1) is 20.9. The molecule has 2 aromatic rings. The number of aliphatic hydroxyl groups excluding tert-OH is 1. The van der Waals surface area contributed by atoms with Crippen LogP contribution in [0.4, 0.5) is 24.5 Å². The van der Waals surface area contributed by atoms with Crippen molar-refractivity contribution in [2.45, 2.75) is 12.3 Å². The molecule has 0 aliphatic carbocycles. The molecule has 0 saturated heterocycles. The Kier molecular flexibility index (Phi) is 7.71. The Morgan fingerprint density at radius 1 is 1.17 bits per heavy atom. The molecule has 125 valence electrons. The summed E-state index contributed by atoms with van der Waals surface area (Å²) in [5.74, 6) is -6.40. The van der Waals surface area contributed by atoms with E-state index in [1.54, 1.807) is 0 Å². The van der Waals surface area contributed by atoms with Crippen molar-refractivity contribution in [3.8, 4) is 0 Å². The molecule has 0 aliphatic rings. The van der Waals surface area contributed by atoms with Gasteiger partial charge in [0.2, 0.25) is 0 Å². The summed E-state index contributed by atoms with van der Waals surface area (Å²) in [7, 11) is 0. The van der Waals surface area contributed by atoms with Crippen LogP contribution < -0.4 is 11.1 Å². The number of nitrogens with two attached hydrogens (primary N) is 1. The van der Waals surface area contributed by atoms with Crippen molar-refractivity contribution in [1.29, 1.82) is 0 Å². The molecule has 0 fully saturated rings. The second-order valence-corrected chi connectivity index (χ2v) is 4.86. The Balaban J connectivity index is 0.00000288. The monoisotopic (exact) mass is 551 g/mol. The molecule has 0 saturated carbocycles. The average Bonchev–Trinajstić information content (AvgIpc) is 2.54.